The quantitative estimate of drug-likeness (QED) is 0.830. The van der Waals surface area contributed by atoms with Gasteiger partial charge in [0.2, 0.25) is 0 Å². The first-order valence-corrected chi connectivity index (χ1v) is 5.42. The Morgan fingerprint density at radius 2 is 2.06 bits per heavy atom. The van der Waals surface area contributed by atoms with Crippen molar-refractivity contribution in [2.45, 2.75) is 19.8 Å². The SMILES string of the molecule is CC(C)c1ccc2nc(C(N)=O)c(O)cc2c1. The lowest BCUT2D eigenvalue weighted by molar-refractivity contribution is 0.0993. The molecular weight excluding hydrogens is 216 g/mol. The molecule has 1 aromatic carbocycles. The van der Waals surface area contributed by atoms with Crippen LogP contribution in [0.4, 0.5) is 0 Å². The second kappa shape index (κ2) is 4.05. The summed E-state index contributed by atoms with van der Waals surface area (Å²) in [5.74, 6) is -0.499. The van der Waals surface area contributed by atoms with Crippen LogP contribution in [0, 0.1) is 0 Å². The van der Waals surface area contributed by atoms with Crippen LogP contribution in [-0.4, -0.2) is 16.0 Å². The van der Waals surface area contributed by atoms with Crippen LogP contribution in [0.5, 0.6) is 5.75 Å². The van der Waals surface area contributed by atoms with Crippen molar-refractivity contribution in [3.8, 4) is 5.75 Å². The monoisotopic (exact) mass is 230 g/mol. The van der Waals surface area contributed by atoms with E-state index in [0.717, 1.165) is 10.9 Å². The number of nitrogens with zero attached hydrogens (tertiary/aromatic N) is 1. The van der Waals surface area contributed by atoms with Crippen molar-refractivity contribution in [3.05, 3.63) is 35.5 Å². The third kappa shape index (κ3) is 2.06. The molecule has 0 aliphatic rings. The maximum atomic E-state index is 11.0. The number of hydrogen-bond acceptors (Lipinski definition) is 3. The van der Waals surface area contributed by atoms with Crippen molar-refractivity contribution in [3.63, 3.8) is 0 Å². The minimum Gasteiger partial charge on any atom is -0.505 e. The summed E-state index contributed by atoms with van der Waals surface area (Å²) in [6.45, 7) is 4.18. The van der Waals surface area contributed by atoms with E-state index >= 15 is 0 Å². The molecule has 0 fully saturated rings. The average Bonchev–Trinajstić information content (AvgIpc) is 2.26. The molecule has 2 aromatic rings. The summed E-state index contributed by atoms with van der Waals surface area (Å²) >= 11 is 0. The molecular formula is C13H14N2O2. The third-order valence-electron chi connectivity index (χ3n) is 2.72. The van der Waals surface area contributed by atoms with E-state index in [4.69, 9.17) is 5.73 Å². The second-order valence-electron chi connectivity index (χ2n) is 4.33. The standard InChI is InChI=1S/C13H14N2O2/c1-7(2)8-3-4-10-9(5-8)6-11(16)12(15-10)13(14)17/h3-7,16H,1-2H3,(H2,14,17). The van der Waals surface area contributed by atoms with Gasteiger partial charge in [-0.3, -0.25) is 4.79 Å². The lowest BCUT2D eigenvalue weighted by Gasteiger charge is -2.08. The first kappa shape index (κ1) is 11.4. The van der Waals surface area contributed by atoms with Crippen LogP contribution in [-0.2, 0) is 0 Å². The number of aromatic hydroxyl groups is 1. The summed E-state index contributed by atoms with van der Waals surface area (Å²) in [5.41, 5.74) is 6.85. The Labute approximate surface area is 99.1 Å². The van der Waals surface area contributed by atoms with E-state index in [2.05, 4.69) is 18.8 Å². The number of pyridine rings is 1. The van der Waals surface area contributed by atoms with Gasteiger partial charge < -0.3 is 10.8 Å². The number of rotatable bonds is 2. The van der Waals surface area contributed by atoms with Crippen molar-refractivity contribution in [2.24, 2.45) is 5.73 Å². The van der Waals surface area contributed by atoms with E-state index in [9.17, 15) is 9.90 Å². The number of amides is 1. The lowest BCUT2D eigenvalue weighted by Crippen LogP contribution is -2.13. The highest BCUT2D eigenvalue weighted by Crippen LogP contribution is 2.25. The third-order valence-corrected chi connectivity index (χ3v) is 2.72. The number of carbonyl (C=O) groups is 1. The molecule has 3 N–H and O–H groups in total. The predicted octanol–water partition coefficient (Wildman–Crippen LogP) is 2.16. The first-order chi connectivity index (χ1) is 7.99. The molecule has 0 spiro atoms. The predicted molar refractivity (Wildman–Crippen MR) is 66.0 cm³/mol. The van der Waals surface area contributed by atoms with Gasteiger partial charge in [0.15, 0.2) is 5.69 Å². The highest BCUT2D eigenvalue weighted by atomic mass is 16.3. The molecule has 0 aliphatic heterocycles. The first-order valence-electron chi connectivity index (χ1n) is 5.42. The fourth-order valence-corrected chi connectivity index (χ4v) is 1.72. The van der Waals surface area contributed by atoms with Gasteiger partial charge in [0.25, 0.3) is 5.91 Å². The van der Waals surface area contributed by atoms with Crippen molar-refractivity contribution in [2.75, 3.05) is 0 Å². The molecule has 88 valence electrons. The van der Waals surface area contributed by atoms with E-state index in [1.165, 1.54) is 6.07 Å². The zero-order chi connectivity index (χ0) is 12.6. The van der Waals surface area contributed by atoms with Crippen molar-refractivity contribution < 1.29 is 9.90 Å². The molecule has 0 saturated carbocycles. The molecule has 0 aliphatic carbocycles. The molecule has 4 nitrogen and oxygen atoms in total. The number of primary amides is 1. The van der Waals surface area contributed by atoms with Gasteiger partial charge in [0.1, 0.15) is 5.75 Å². The normalized spacial score (nSPS) is 11.0. The maximum absolute atomic E-state index is 11.0. The summed E-state index contributed by atoms with van der Waals surface area (Å²) in [6, 6.07) is 7.27. The molecule has 2 rings (SSSR count). The average molecular weight is 230 g/mol. The van der Waals surface area contributed by atoms with E-state index < -0.39 is 5.91 Å². The van der Waals surface area contributed by atoms with Crippen molar-refractivity contribution >= 4 is 16.8 Å². The summed E-state index contributed by atoms with van der Waals surface area (Å²) < 4.78 is 0. The minimum atomic E-state index is -0.725. The van der Waals surface area contributed by atoms with Gasteiger partial charge in [-0.1, -0.05) is 19.9 Å². The molecule has 1 aromatic heterocycles. The van der Waals surface area contributed by atoms with Crippen LogP contribution in [0.3, 0.4) is 0 Å². The van der Waals surface area contributed by atoms with Crippen molar-refractivity contribution in [1.82, 2.24) is 4.98 Å². The molecule has 0 atom stereocenters. The smallest absolute Gasteiger partial charge is 0.271 e. The van der Waals surface area contributed by atoms with Crippen LogP contribution >= 0.6 is 0 Å². The van der Waals surface area contributed by atoms with E-state index in [-0.39, 0.29) is 11.4 Å². The number of aromatic nitrogens is 1. The van der Waals surface area contributed by atoms with E-state index in [1.54, 1.807) is 0 Å². The highest BCUT2D eigenvalue weighted by molar-refractivity contribution is 5.96. The molecule has 1 heterocycles. The van der Waals surface area contributed by atoms with Gasteiger partial charge >= 0.3 is 0 Å². The summed E-state index contributed by atoms with van der Waals surface area (Å²) in [4.78, 5) is 15.1. The zero-order valence-electron chi connectivity index (χ0n) is 9.77. The molecule has 0 bridgehead atoms. The van der Waals surface area contributed by atoms with Gasteiger partial charge in [0.05, 0.1) is 5.52 Å². The number of nitrogens with two attached hydrogens (primary N) is 1. The van der Waals surface area contributed by atoms with E-state index in [1.807, 2.05) is 18.2 Å². The maximum Gasteiger partial charge on any atom is 0.271 e. The fraction of sp³-hybridized carbons (Fsp3) is 0.231. The second-order valence-corrected chi connectivity index (χ2v) is 4.33. The number of carbonyl (C=O) groups excluding carboxylic acids is 1. The molecule has 4 heteroatoms. The lowest BCUT2D eigenvalue weighted by atomic mass is 10.0. The van der Waals surface area contributed by atoms with Gasteiger partial charge in [-0.25, -0.2) is 4.98 Å². The Morgan fingerprint density at radius 3 is 2.65 bits per heavy atom. The highest BCUT2D eigenvalue weighted by Gasteiger charge is 2.11. The summed E-state index contributed by atoms with van der Waals surface area (Å²) in [7, 11) is 0. The topological polar surface area (TPSA) is 76.2 Å². The largest absolute Gasteiger partial charge is 0.505 e. The Bertz CT molecular complexity index is 591. The minimum absolute atomic E-state index is 0.0882. The summed E-state index contributed by atoms with van der Waals surface area (Å²) in [5, 5.41) is 10.4. The zero-order valence-corrected chi connectivity index (χ0v) is 9.77. The van der Waals surface area contributed by atoms with Crippen LogP contribution < -0.4 is 5.73 Å². The molecule has 0 radical (unpaired) electrons. The van der Waals surface area contributed by atoms with Crippen LogP contribution in [0.25, 0.3) is 10.9 Å². The Kier molecular flexibility index (Phi) is 2.71. The molecule has 17 heavy (non-hydrogen) atoms. The fourth-order valence-electron chi connectivity index (χ4n) is 1.72. The van der Waals surface area contributed by atoms with Gasteiger partial charge in [-0.05, 0) is 29.7 Å². The van der Waals surface area contributed by atoms with Crippen LogP contribution in [0.15, 0.2) is 24.3 Å². The number of benzene rings is 1. The molecule has 1 amide bonds. The van der Waals surface area contributed by atoms with Crippen LogP contribution in [0.1, 0.15) is 35.8 Å². The van der Waals surface area contributed by atoms with E-state index in [0.29, 0.717) is 11.4 Å². The van der Waals surface area contributed by atoms with Gasteiger partial charge in [-0.15, -0.1) is 0 Å². The molecule has 0 unspecified atom stereocenters. The van der Waals surface area contributed by atoms with Crippen LogP contribution in [0.2, 0.25) is 0 Å². The van der Waals surface area contributed by atoms with Crippen molar-refractivity contribution in [1.29, 1.82) is 0 Å². The Balaban J connectivity index is 2.66. The Morgan fingerprint density at radius 1 is 1.35 bits per heavy atom. The summed E-state index contributed by atoms with van der Waals surface area (Å²) in [6.07, 6.45) is 0. The van der Waals surface area contributed by atoms with Gasteiger partial charge in [-0.2, -0.15) is 0 Å². The number of fused-ring (bicyclic) bond motifs is 1. The number of hydrogen-bond donors (Lipinski definition) is 2. The molecule has 0 saturated heterocycles. The van der Waals surface area contributed by atoms with Gasteiger partial charge in [0, 0.05) is 5.39 Å². The Hall–Kier alpha value is -2.10.